The number of likely N-dealkylation sites (tertiary alicyclic amines) is 1. The molecule has 5 nitrogen and oxygen atoms in total. The van der Waals surface area contributed by atoms with E-state index in [-0.39, 0.29) is 11.5 Å². The van der Waals surface area contributed by atoms with E-state index in [1.165, 1.54) is 25.0 Å². The number of hydrogen-bond donors (Lipinski definition) is 0. The summed E-state index contributed by atoms with van der Waals surface area (Å²) in [4.78, 5) is 19.0. The van der Waals surface area contributed by atoms with E-state index in [2.05, 4.69) is 22.8 Å². The SMILES string of the molecule is CCC(=O)N1CCC2(CC1)Oc1ccccc1-c1ncn(CC3CCC3)c12. The zero-order valence-electron chi connectivity index (χ0n) is 16.0. The molecule has 5 rings (SSSR count). The molecule has 1 aromatic heterocycles. The molecule has 3 aliphatic rings. The minimum absolute atomic E-state index is 0.240. The lowest BCUT2D eigenvalue weighted by molar-refractivity contribution is -0.134. The Balaban J connectivity index is 1.54. The van der Waals surface area contributed by atoms with Crippen LogP contribution in [0.15, 0.2) is 30.6 Å². The molecule has 142 valence electrons. The number of aromatic nitrogens is 2. The lowest BCUT2D eigenvalue weighted by Crippen LogP contribution is -2.50. The van der Waals surface area contributed by atoms with E-state index >= 15 is 0 Å². The molecular formula is C22H27N3O2. The van der Waals surface area contributed by atoms with Crippen LogP contribution in [0.5, 0.6) is 5.75 Å². The molecule has 1 spiro atoms. The van der Waals surface area contributed by atoms with Crippen LogP contribution in [0.2, 0.25) is 0 Å². The van der Waals surface area contributed by atoms with Gasteiger partial charge in [-0.2, -0.15) is 0 Å². The van der Waals surface area contributed by atoms with Crippen molar-refractivity contribution in [3.05, 3.63) is 36.3 Å². The Morgan fingerprint density at radius 3 is 2.74 bits per heavy atom. The Morgan fingerprint density at radius 1 is 1.26 bits per heavy atom. The molecule has 2 fully saturated rings. The number of rotatable bonds is 3. The van der Waals surface area contributed by atoms with E-state index < -0.39 is 0 Å². The van der Waals surface area contributed by atoms with Crippen molar-refractivity contribution >= 4 is 5.91 Å². The van der Waals surface area contributed by atoms with Crippen LogP contribution in [-0.2, 0) is 16.9 Å². The predicted molar refractivity (Wildman–Crippen MR) is 103 cm³/mol. The fourth-order valence-electron chi connectivity index (χ4n) is 4.84. The van der Waals surface area contributed by atoms with Gasteiger partial charge < -0.3 is 14.2 Å². The third kappa shape index (κ3) is 2.67. The first-order valence-electron chi connectivity index (χ1n) is 10.3. The Bertz CT molecular complexity index is 860. The third-order valence-electron chi connectivity index (χ3n) is 6.62. The van der Waals surface area contributed by atoms with E-state index in [1.807, 2.05) is 24.2 Å². The quantitative estimate of drug-likeness (QED) is 0.827. The number of ether oxygens (including phenoxy) is 1. The number of amides is 1. The summed E-state index contributed by atoms with van der Waals surface area (Å²) in [6.07, 6.45) is 8.22. The van der Waals surface area contributed by atoms with Crippen LogP contribution in [0.1, 0.15) is 51.1 Å². The van der Waals surface area contributed by atoms with Gasteiger partial charge in [0.15, 0.2) is 5.60 Å². The van der Waals surface area contributed by atoms with Gasteiger partial charge in [0.1, 0.15) is 5.75 Å². The lowest BCUT2D eigenvalue weighted by atomic mass is 9.82. The molecule has 1 amide bonds. The highest BCUT2D eigenvalue weighted by Crippen LogP contribution is 2.49. The van der Waals surface area contributed by atoms with Crippen molar-refractivity contribution in [3.63, 3.8) is 0 Å². The minimum Gasteiger partial charge on any atom is -0.480 e. The van der Waals surface area contributed by atoms with Gasteiger partial charge in [-0.25, -0.2) is 4.98 Å². The van der Waals surface area contributed by atoms with E-state index in [9.17, 15) is 4.79 Å². The number of benzene rings is 1. The van der Waals surface area contributed by atoms with Gasteiger partial charge in [-0.1, -0.05) is 25.5 Å². The second-order valence-corrected chi connectivity index (χ2v) is 8.22. The molecule has 3 heterocycles. The summed E-state index contributed by atoms with van der Waals surface area (Å²) in [6.45, 7) is 4.48. The fraction of sp³-hybridized carbons (Fsp3) is 0.545. The molecule has 1 aliphatic carbocycles. The van der Waals surface area contributed by atoms with Crippen LogP contribution in [0, 0.1) is 5.92 Å². The van der Waals surface area contributed by atoms with Crippen molar-refractivity contribution in [1.29, 1.82) is 0 Å². The van der Waals surface area contributed by atoms with Crippen molar-refractivity contribution in [2.75, 3.05) is 13.1 Å². The number of piperidine rings is 1. The van der Waals surface area contributed by atoms with Gasteiger partial charge in [-0.15, -0.1) is 0 Å². The molecule has 5 heteroatoms. The topological polar surface area (TPSA) is 47.4 Å². The molecule has 0 unspecified atom stereocenters. The average molecular weight is 365 g/mol. The van der Waals surface area contributed by atoms with Crippen molar-refractivity contribution in [2.24, 2.45) is 5.92 Å². The van der Waals surface area contributed by atoms with Crippen LogP contribution in [0.4, 0.5) is 0 Å². The van der Waals surface area contributed by atoms with E-state index in [0.29, 0.717) is 6.42 Å². The first-order valence-corrected chi connectivity index (χ1v) is 10.3. The number of imidazole rings is 1. The molecular weight excluding hydrogens is 338 g/mol. The number of carbonyl (C=O) groups is 1. The third-order valence-corrected chi connectivity index (χ3v) is 6.62. The summed E-state index contributed by atoms with van der Waals surface area (Å²) in [5.41, 5.74) is 3.04. The van der Waals surface area contributed by atoms with Gasteiger partial charge >= 0.3 is 0 Å². The number of nitrogens with zero attached hydrogens (tertiary/aromatic N) is 3. The molecule has 0 radical (unpaired) electrons. The Hall–Kier alpha value is -2.30. The van der Waals surface area contributed by atoms with Crippen LogP contribution >= 0.6 is 0 Å². The Morgan fingerprint density at radius 2 is 2.04 bits per heavy atom. The molecule has 1 saturated heterocycles. The fourth-order valence-corrected chi connectivity index (χ4v) is 4.84. The zero-order chi connectivity index (χ0) is 18.4. The molecule has 27 heavy (non-hydrogen) atoms. The largest absolute Gasteiger partial charge is 0.480 e. The van der Waals surface area contributed by atoms with Gasteiger partial charge in [0.05, 0.1) is 17.7 Å². The molecule has 2 aromatic rings. The number of para-hydroxylation sites is 1. The number of hydrogen-bond acceptors (Lipinski definition) is 3. The molecule has 0 N–H and O–H groups in total. The normalized spacial score (nSPS) is 20.6. The van der Waals surface area contributed by atoms with E-state index in [1.54, 1.807) is 0 Å². The van der Waals surface area contributed by atoms with Crippen LogP contribution in [-0.4, -0.2) is 33.4 Å². The van der Waals surface area contributed by atoms with Crippen molar-refractivity contribution in [1.82, 2.24) is 14.5 Å². The molecule has 1 saturated carbocycles. The first-order chi connectivity index (χ1) is 13.2. The molecule has 0 atom stereocenters. The summed E-state index contributed by atoms with van der Waals surface area (Å²) in [5.74, 6) is 1.93. The van der Waals surface area contributed by atoms with Gasteiger partial charge in [0, 0.05) is 44.5 Å². The van der Waals surface area contributed by atoms with Crippen molar-refractivity contribution in [3.8, 4) is 17.0 Å². The molecule has 0 bridgehead atoms. The second-order valence-electron chi connectivity index (χ2n) is 8.22. The molecule has 1 aromatic carbocycles. The summed E-state index contributed by atoms with van der Waals surface area (Å²) >= 11 is 0. The Labute approximate surface area is 160 Å². The minimum atomic E-state index is -0.367. The highest BCUT2D eigenvalue weighted by Gasteiger charge is 2.47. The average Bonchev–Trinajstić information content (AvgIpc) is 3.10. The van der Waals surface area contributed by atoms with Crippen molar-refractivity contribution in [2.45, 2.75) is 57.6 Å². The van der Waals surface area contributed by atoms with Gasteiger partial charge in [0.25, 0.3) is 0 Å². The molecule has 2 aliphatic heterocycles. The Kier molecular flexibility index (Phi) is 3.99. The van der Waals surface area contributed by atoms with Gasteiger partial charge in [0.2, 0.25) is 5.91 Å². The highest BCUT2D eigenvalue weighted by molar-refractivity contribution is 5.76. The van der Waals surface area contributed by atoms with Crippen molar-refractivity contribution < 1.29 is 9.53 Å². The zero-order valence-corrected chi connectivity index (χ0v) is 16.0. The summed E-state index contributed by atoms with van der Waals surface area (Å²) in [6, 6.07) is 8.24. The highest BCUT2D eigenvalue weighted by atomic mass is 16.5. The lowest BCUT2D eigenvalue weighted by Gasteiger charge is -2.45. The standard InChI is InChI=1S/C22H27N3O2/c1-2-19(26)24-12-10-22(11-13-24)21-20(17-8-3-4-9-18(17)27-22)23-15-25(21)14-16-6-5-7-16/h3-4,8-9,15-16H,2,5-7,10-14H2,1H3. The van der Waals surface area contributed by atoms with E-state index in [0.717, 1.165) is 55.4 Å². The number of carbonyl (C=O) groups excluding carboxylic acids is 1. The van der Waals surface area contributed by atoms with Gasteiger partial charge in [-0.05, 0) is 30.9 Å². The van der Waals surface area contributed by atoms with E-state index in [4.69, 9.17) is 9.72 Å². The summed E-state index contributed by atoms with van der Waals surface area (Å²) in [7, 11) is 0. The predicted octanol–water partition coefficient (Wildman–Crippen LogP) is 3.97. The smallest absolute Gasteiger partial charge is 0.222 e. The summed E-state index contributed by atoms with van der Waals surface area (Å²) in [5, 5.41) is 0. The van der Waals surface area contributed by atoms with Crippen LogP contribution < -0.4 is 4.74 Å². The maximum atomic E-state index is 12.2. The second kappa shape index (κ2) is 6.39. The van der Waals surface area contributed by atoms with Crippen LogP contribution in [0.25, 0.3) is 11.3 Å². The maximum absolute atomic E-state index is 12.2. The summed E-state index contributed by atoms with van der Waals surface area (Å²) < 4.78 is 9.04. The first kappa shape index (κ1) is 16.8. The monoisotopic (exact) mass is 365 g/mol. The number of fused-ring (bicyclic) bond motifs is 4. The maximum Gasteiger partial charge on any atom is 0.222 e. The van der Waals surface area contributed by atoms with Gasteiger partial charge in [-0.3, -0.25) is 4.79 Å². The van der Waals surface area contributed by atoms with Crippen LogP contribution in [0.3, 0.4) is 0 Å².